The van der Waals surface area contributed by atoms with Gasteiger partial charge in [-0.3, -0.25) is 0 Å². The number of aromatic nitrogens is 1. The lowest BCUT2D eigenvalue weighted by Crippen LogP contribution is -2.16. The smallest absolute Gasteiger partial charge is 0.143 e. The summed E-state index contributed by atoms with van der Waals surface area (Å²) in [5, 5.41) is 4.73. The lowest BCUT2D eigenvalue weighted by atomic mass is 9.82. The standard InChI is InChI=1S/C51H36N2O/c1-51(2)45-20-9-6-15-39(45)40-29-27-37(32-46(40)51)52(34-13-4-3-5-14-34)36-28-30-48-44(31-36)41-16-7-10-21-47(41)53(48)35-25-23-33(24-26-35)38-18-12-19-43-42-17-8-11-22-49(42)54-50(38)43/h3-32H,1-2H3. The molecule has 2 heterocycles. The Labute approximate surface area is 314 Å². The highest BCUT2D eigenvalue weighted by Crippen LogP contribution is 2.51. The molecular formula is C51H36N2O. The Bertz CT molecular complexity index is 3070. The van der Waals surface area contributed by atoms with E-state index >= 15 is 0 Å². The molecule has 0 fully saturated rings. The Hall–Kier alpha value is -6.84. The first-order valence-electron chi connectivity index (χ1n) is 18.7. The predicted octanol–water partition coefficient (Wildman–Crippen LogP) is 14.1. The molecule has 0 radical (unpaired) electrons. The van der Waals surface area contributed by atoms with E-state index in [9.17, 15) is 0 Å². The maximum atomic E-state index is 6.39. The van der Waals surface area contributed by atoms with E-state index in [1.165, 1.54) is 44.1 Å². The van der Waals surface area contributed by atoms with Crippen molar-refractivity contribution in [2.45, 2.75) is 19.3 Å². The van der Waals surface area contributed by atoms with Gasteiger partial charge in [-0.15, -0.1) is 0 Å². The average molecular weight is 693 g/mol. The molecule has 0 N–H and O–H groups in total. The quantitative estimate of drug-likeness (QED) is 0.179. The predicted molar refractivity (Wildman–Crippen MR) is 226 cm³/mol. The zero-order valence-electron chi connectivity index (χ0n) is 30.1. The largest absolute Gasteiger partial charge is 0.455 e. The molecule has 8 aromatic carbocycles. The van der Waals surface area contributed by atoms with Gasteiger partial charge in [-0.2, -0.15) is 0 Å². The molecule has 1 aliphatic carbocycles. The second-order valence-electron chi connectivity index (χ2n) is 15.0. The molecule has 1 aliphatic rings. The topological polar surface area (TPSA) is 21.3 Å². The van der Waals surface area contributed by atoms with Crippen molar-refractivity contribution in [2.24, 2.45) is 0 Å². The Kier molecular flexibility index (Phi) is 6.60. The number of fused-ring (bicyclic) bond motifs is 9. The van der Waals surface area contributed by atoms with Crippen molar-refractivity contribution in [3.8, 4) is 27.9 Å². The summed E-state index contributed by atoms with van der Waals surface area (Å²) in [5.41, 5.74) is 16.3. The SMILES string of the molecule is CC1(C)c2ccccc2-c2ccc(N(c3ccccc3)c3ccc4c(c3)c3ccccc3n4-c3ccc(-c4cccc5c4oc4ccccc45)cc3)cc21. The molecule has 0 atom stereocenters. The van der Waals surface area contributed by atoms with Crippen LogP contribution in [0, 0.1) is 0 Å². The van der Waals surface area contributed by atoms with Crippen LogP contribution in [0.1, 0.15) is 25.0 Å². The first-order chi connectivity index (χ1) is 26.5. The number of rotatable bonds is 5. The molecule has 11 rings (SSSR count). The van der Waals surface area contributed by atoms with E-state index in [0.717, 1.165) is 55.8 Å². The van der Waals surface area contributed by atoms with Gasteiger partial charge in [-0.25, -0.2) is 0 Å². The van der Waals surface area contributed by atoms with Gasteiger partial charge in [-0.05, 0) is 94.5 Å². The molecule has 2 aromatic heterocycles. The number of para-hydroxylation sites is 4. The summed E-state index contributed by atoms with van der Waals surface area (Å²) in [7, 11) is 0. The van der Waals surface area contributed by atoms with Gasteiger partial charge in [0.25, 0.3) is 0 Å². The Morgan fingerprint density at radius 2 is 1.09 bits per heavy atom. The molecule has 0 unspecified atom stereocenters. The third kappa shape index (κ3) is 4.48. The normalized spacial score (nSPS) is 13.1. The summed E-state index contributed by atoms with van der Waals surface area (Å²) in [5.74, 6) is 0. The van der Waals surface area contributed by atoms with Gasteiger partial charge in [0, 0.05) is 55.3 Å². The molecule has 3 nitrogen and oxygen atoms in total. The summed E-state index contributed by atoms with van der Waals surface area (Å²) >= 11 is 0. The molecule has 0 saturated carbocycles. The van der Waals surface area contributed by atoms with Crippen LogP contribution in [-0.2, 0) is 5.41 Å². The lowest BCUT2D eigenvalue weighted by Gasteiger charge is -2.28. The number of benzene rings is 8. The van der Waals surface area contributed by atoms with E-state index < -0.39 is 0 Å². The van der Waals surface area contributed by atoms with E-state index in [1.54, 1.807) is 0 Å². The third-order valence-electron chi connectivity index (χ3n) is 11.6. The maximum Gasteiger partial charge on any atom is 0.143 e. The van der Waals surface area contributed by atoms with Gasteiger partial charge in [0.05, 0.1) is 11.0 Å². The van der Waals surface area contributed by atoms with E-state index in [0.29, 0.717) is 0 Å². The van der Waals surface area contributed by atoms with Crippen molar-refractivity contribution in [1.29, 1.82) is 0 Å². The summed E-state index contributed by atoms with van der Waals surface area (Å²) in [6.07, 6.45) is 0. The van der Waals surface area contributed by atoms with Crippen molar-refractivity contribution in [3.63, 3.8) is 0 Å². The fraction of sp³-hybridized carbons (Fsp3) is 0.0588. The Morgan fingerprint density at radius 3 is 1.96 bits per heavy atom. The van der Waals surface area contributed by atoms with Gasteiger partial charge in [0.2, 0.25) is 0 Å². The van der Waals surface area contributed by atoms with E-state index in [2.05, 4.69) is 193 Å². The van der Waals surface area contributed by atoms with E-state index in [1.807, 2.05) is 12.1 Å². The maximum absolute atomic E-state index is 6.39. The fourth-order valence-corrected chi connectivity index (χ4v) is 9.00. The number of nitrogens with zero attached hydrogens (tertiary/aromatic N) is 2. The third-order valence-corrected chi connectivity index (χ3v) is 11.6. The zero-order chi connectivity index (χ0) is 36.0. The van der Waals surface area contributed by atoms with Crippen molar-refractivity contribution in [2.75, 3.05) is 4.90 Å². The Morgan fingerprint density at radius 1 is 0.444 bits per heavy atom. The van der Waals surface area contributed by atoms with Crippen LogP contribution in [0.15, 0.2) is 186 Å². The van der Waals surface area contributed by atoms with Crippen LogP contribution < -0.4 is 4.90 Å². The highest BCUT2D eigenvalue weighted by Gasteiger charge is 2.35. The van der Waals surface area contributed by atoms with Gasteiger partial charge in [0.15, 0.2) is 0 Å². The monoisotopic (exact) mass is 692 g/mol. The second kappa shape index (κ2) is 11.6. The molecule has 0 aliphatic heterocycles. The number of hydrogen-bond acceptors (Lipinski definition) is 2. The van der Waals surface area contributed by atoms with E-state index in [-0.39, 0.29) is 5.41 Å². The average Bonchev–Trinajstić information content (AvgIpc) is 3.84. The molecule has 256 valence electrons. The van der Waals surface area contributed by atoms with Crippen molar-refractivity contribution in [3.05, 3.63) is 193 Å². The molecular weight excluding hydrogens is 657 g/mol. The van der Waals surface area contributed by atoms with Crippen LogP contribution >= 0.6 is 0 Å². The van der Waals surface area contributed by atoms with Gasteiger partial charge >= 0.3 is 0 Å². The first kappa shape index (κ1) is 30.8. The summed E-state index contributed by atoms with van der Waals surface area (Å²) < 4.78 is 8.78. The van der Waals surface area contributed by atoms with Crippen molar-refractivity contribution < 1.29 is 4.42 Å². The van der Waals surface area contributed by atoms with Crippen LogP contribution in [-0.4, -0.2) is 4.57 Å². The molecule has 10 aromatic rings. The number of hydrogen-bond donors (Lipinski definition) is 0. The van der Waals surface area contributed by atoms with Gasteiger partial charge < -0.3 is 13.9 Å². The molecule has 0 saturated heterocycles. The van der Waals surface area contributed by atoms with E-state index in [4.69, 9.17) is 4.42 Å². The number of anilines is 3. The lowest BCUT2D eigenvalue weighted by molar-refractivity contribution is 0.660. The molecule has 54 heavy (non-hydrogen) atoms. The van der Waals surface area contributed by atoms with Crippen LogP contribution in [0.25, 0.3) is 71.7 Å². The van der Waals surface area contributed by atoms with Crippen molar-refractivity contribution >= 4 is 60.8 Å². The minimum atomic E-state index is -0.0875. The highest BCUT2D eigenvalue weighted by molar-refractivity contribution is 6.11. The second-order valence-corrected chi connectivity index (χ2v) is 15.0. The zero-order valence-corrected chi connectivity index (χ0v) is 30.1. The minimum Gasteiger partial charge on any atom is -0.455 e. The summed E-state index contributed by atoms with van der Waals surface area (Å²) in [6, 6.07) is 65.9. The Balaban J connectivity index is 1.04. The highest BCUT2D eigenvalue weighted by atomic mass is 16.3. The van der Waals surface area contributed by atoms with Crippen LogP contribution in [0.5, 0.6) is 0 Å². The summed E-state index contributed by atoms with van der Waals surface area (Å²) in [4.78, 5) is 2.40. The van der Waals surface area contributed by atoms with Crippen LogP contribution in [0.4, 0.5) is 17.1 Å². The van der Waals surface area contributed by atoms with Gasteiger partial charge in [0.1, 0.15) is 11.2 Å². The fourth-order valence-electron chi connectivity index (χ4n) is 9.00. The molecule has 0 bridgehead atoms. The molecule has 0 spiro atoms. The minimum absolute atomic E-state index is 0.0875. The van der Waals surface area contributed by atoms with Crippen LogP contribution in [0.2, 0.25) is 0 Å². The number of furan rings is 1. The summed E-state index contributed by atoms with van der Waals surface area (Å²) in [6.45, 7) is 4.70. The van der Waals surface area contributed by atoms with Gasteiger partial charge in [-0.1, -0.05) is 129 Å². The van der Waals surface area contributed by atoms with Crippen molar-refractivity contribution in [1.82, 2.24) is 4.57 Å². The first-order valence-corrected chi connectivity index (χ1v) is 18.7. The van der Waals surface area contributed by atoms with Crippen LogP contribution in [0.3, 0.4) is 0 Å². The molecule has 3 heteroatoms. The molecule has 0 amide bonds.